The third kappa shape index (κ3) is 8.39. The van der Waals surface area contributed by atoms with Crippen LogP contribution in [0.3, 0.4) is 0 Å². The van der Waals surface area contributed by atoms with E-state index < -0.39 is 24.0 Å². The molecule has 6 N–H and O–H groups in total. The lowest BCUT2D eigenvalue weighted by Crippen LogP contribution is -2.52. The molecule has 0 radical (unpaired) electrons. The van der Waals surface area contributed by atoms with Crippen molar-refractivity contribution in [2.75, 3.05) is 18.9 Å². The second kappa shape index (κ2) is 16.3. The van der Waals surface area contributed by atoms with Gasteiger partial charge in [0.25, 0.3) is 0 Å². The summed E-state index contributed by atoms with van der Waals surface area (Å²) in [6, 6.07) is 16.2. The number of carbonyl (C=O) groups excluding carboxylic acids is 1. The first-order chi connectivity index (χ1) is 24.1. The first-order valence-electron chi connectivity index (χ1n) is 15.1. The maximum Gasteiger partial charge on any atom is 0.326 e. The molecule has 5 rings (SSSR count). The molecule has 16 heteroatoms. The first kappa shape index (κ1) is 35.8. The zero-order valence-corrected chi connectivity index (χ0v) is 28.9. The van der Waals surface area contributed by atoms with E-state index in [9.17, 15) is 25.2 Å². The smallest absolute Gasteiger partial charge is 0.326 e. The second-order valence-electron chi connectivity index (χ2n) is 10.9. The number of aromatic amines is 1. The van der Waals surface area contributed by atoms with Gasteiger partial charge in [0, 0.05) is 45.6 Å². The van der Waals surface area contributed by atoms with Crippen molar-refractivity contribution in [2.24, 2.45) is 5.73 Å². The number of rotatable bonds is 14. The number of imidazole rings is 1. The Balaban J connectivity index is 1.29. The third-order valence-electron chi connectivity index (χ3n) is 7.58. The number of carbonyl (C=O) groups is 2. The number of halogens is 1. The Labute approximate surface area is 300 Å². The van der Waals surface area contributed by atoms with Gasteiger partial charge in [-0.15, -0.1) is 11.3 Å². The molecule has 3 heterocycles. The van der Waals surface area contributed by atoms with Crippen molar-refractivity contribution in [3.8, 4) is 39.6 Å². The predicted octanol–water partition coefficient (Wildman–Crippen LogP) is 5.12. The van der Waals surface area contributed by atoms with Gasteiger partial charge in [-0.1, -0.05) is 47.6 Å². The summed E-state index contributed by atoms with van der Waals surface area (Å²) in [7, 11) is 0. The average Bonchev–Trinajstić information content (AvgIpc) is 3.81. The molecule has 50 heavy (non-hydrogen) atoms. The fraction of sp³-hybridized carbons (Fsp3) is 0.206. The Morgan fingerprint density at radius 2 is 1.80 bits per heavy atom. The number of H-pyrrole nitrogens is 1. The number of nitrogen functional groups attached to an aromatic ring is 1. The number of carboxylic acids is 1. The fourth-order valence-electron chi connectivity index (χ4n) is 4.97. The molecule has 0 saturated carbocycles. The molecule has 3 aromatic heterocycles. The number of carboxylic acid groups (broad SMARTS) is 1. The van der Waals surface area contributed by atoms with Crippen LogP contribution in [0.2, 0.25) is 5.02 Å². The van der Waals surface area contributed by atoms with E-state index >= 15 is 0 Å². The van der Waals surface area contributed by atoms with E-state index in [0.717, 1.165) is 16.3 Å². The van der Waals surface area contributed by atoms with E-state index in [1.165, 1.54) is 41.2 Å². The van der Waals surface area contributed by atoms with Gasteiger partial charge in [-0.3, -0.25) is 4.79 Å². The molecule has 13 nitrogen and oxygen atoms in total. The van der Waals surface area contributed by atoms with E-state index in [1.807, 2.05) is 17.5 Å². The number of benzene rings is 2. The van der Waals surface area contributed by atoms with Crippen LogP contribution < -0.4 is 16.2 Å². The highest BCUT2D eigenvalue weighted by Gasteiger charge is 2.29. The summed E-state index contributed by atoms with van der Waals surface area (Å²) in [5, 5.41) is 33.5. The number of aliphatic carboxylic acids is 1. The number of thiazole rings is 1. The molecule has 0 spiro atoms. The predicted molar refractivity (Wildman–Crippen MR) is 190 cm³/mol. The van der Waals surface area contributed by atoms with Crippen LogP contribution >= 0.6 is 34.7 Å². The number of nitrogens with zero attached hydrogens (tertiary/aromatic N) is 6. The molecular formula is C34H30ClN9O4S2. The number of hydrogen-bond donors (Lipinski definition) is 4. The third-order valence-corrected chi connectivity index (χ3v) is 9.78. The maximum absolute atomic E-state index is 13.1. The molecule has 1 amide bonds. The van der Waals surface area contributed by atoms with Gasteiger partial charge in [0.2, 0.25) is 5.91 Å². The van der Waals surface area contributed by atoms with Crippen LogP contribution in [0.15, 0.2) is 71.5 Å². The highest BCUT2D eigenvalue weighted by atomic mass is 35.5. The van der Waals surface area contributed by atoms with Crippen molar-refractivity contribution in [3.63, 3.8) is 0 Å². The molecule has 0 unspecified atom stereocenters. The standard InChI is InChI=1S/C34H30ClN9O4S2/c1-19(34(46)47)44(33(45)28(38)12-23-15-40-18-41-23)10-11-48-25-8-4-20(5-9-25)29-26(13-36)30(39)43-32(27(29)14-37)50-17-24-16-49-31(42-24)21-2-6-22(35)7-3-21/h2-9,15-16,18-19,28H,10-12,17,38H2,1H3,(H2,39,43)(H,40,41)(H,46,47)/t19-,28-/m0/s1. The van der Waals surface area contributed by atoms with Gasteiger partial charge < -0.3 is 31.2 Å². The van der Waals surface area contributed by atoms with Crippen LogP contribution in [0.25, 0.3) is 21.7 Å². The lowest BCUT2D eigenvalue weighted by atomic mass is 9.97. The summed E-state index contributed by atoms with van der Waals surface area (Å²) in [5.74, 6) is -0.895. The number of ether oxygens (including phenoxy) is 1. The summed E-state index contributed by atoms with van der Waals surface area (Å²) in [6.45, 7) is 1.34. The zero-order valence-electron chi connectivity index (χ0n) is 26.5. The lowest BCUT2D eigenvalue weighted by Gasteiger charge is -2.29. The molecule has 0 aliphatic rings. The number of anilines is 1. The molecule has 0 bridgehead atoms. The minimum Gasteiger partial charge on any atom is -0.492 e. The SMILES string of the molecule is C[C@@H](C(=O)O)N(CCOc1ccc(-c2c(C#N)c(N)nc(SCc3csc(-c4ccc(Cl)cc4)n3)c2C#N)cc1)C(=O)[C@@H](N)Cc1cnc[nH]1. The Morgan fingerprint density at radius 3 is 2.44 bits per heavy atom. The summed E-state index contributed by atoms with van der Waals surface area (Å²) in [5.41, 5.74) is 15.9. The summed E-state index contributed by atoms with van der Waals surface area (Å²) in [4.78, 5) is 41.9. The van der Waals surface area contributed by atoms with E-state index in [4.69, 9.17) is 32.8 Å². The van der Waals surface area contributed by atoms with Gasteiger partial charge in [0.1, 0.15) is 52.0 Å². The van der Waals surface area contributed by atoms with E-state index in [0.29, 0.717) is 38.4 Å². The van der Waals surface area contributed by atoms with E-state index in [2.05, 4.69) is 27.1 Å². The fourth-order valence-corrected chi connectivity index (χ4v) is 6.92. The Bertz CT molecular complexity index is 2060. The van der Waals surface area contributed by atoms with Gasteiger partial charge in [-0.2, -0.15) is 10.5 Å². The maximum atomic E-state index is 13.1. The normalized spacial score (nSPS) is 12.0. The van der Waals surface area contributed by atoms with Crippen LogP contribution in [0.5, 0.6) is 5.75 Å². The van der Waals surface area contributed by atoms with E-state index in [-0.39, 0.29) is 36.5 Å². The molecular weight excluding hydrogens is 698 g/mol. The topological polar surface area (TPSA) is 221 Å². The van der Waals surface area contributed by atoms with Crippen molar-refractivity contribution in [1.29, 1.82) is 10.5 Å². The quantitative estimate of drug-likeness (QED) is 0.110. The van der Waals surface area contributed by atoms with E-state index in [1.54, 1.807) is 42.6 Å². The van der Waals surface area contributed by atoms with Gasteiger partial charge in [-0.05, 0) is 36.8 Å². The number of nitrogens with one attached hydrogen (secondary N) is 1. The lowest BCUT2D eigenvalue weighted by molar-refractivity contribution is -0.150. The molecule has 2 atom stereocenters. The van der Waals surface area contributed by atoms with Crippen LogP contribution in [-0.2, 0) is 21.8 Å². The molecule has 0 fully saturated rings. The number of thioether (sulfide) groups is 1. The van der Waals surface area contributed by atoms with Crippen molar-refractivity contribution >= 4 is 52.4 Å². The minimum atomic E-state index is -1.18. The monoisotopic (exact) mass is 727 g/mol. The van der Waals surface area contributed by atoms with Gasteiger partial charge in [-0.25, -0.2) is 19.7 Å². The summed E-state index contributed by atoms with van der Waals surface area (Å²) < 4.78 is 5.85. The number of amides is 1. The highest BCUT2D eigenvalue weighted by molar-refractivity contribution is 7.98. The molecule has 0 saturated heterocycles. The Hall–Kier alpha value is -5.45. The summed E-state index contributed by atoms with van der Waals surface area (Å²) >= 11 is 8.79. The zero-order chi connectivity index (χ0) is 35.8. The molecule has 254 valence electrons. The number of nitriles is 2. The molecule has 2 aromatic carbocycles. The number of hydrogen-bond acceptors (Lipinski definition) is 12. The van der Waals surface area contributed by atoms with Crippen LogP contribution in [0.1, 0.15) is 29.4 Å². The van der Waals surface area contributed by atoms with Crippen molar-refractivity contribution < 1.29 is 19.4 Å². The van der Waals surface area contributed by atoms with Gasteiger partial charge >= 0.3 is 5.97 Å². The van der Waals surface area contributed by atoms with Crippen molar-refractivity contribution in [1.82, 2.24) is 24.8 Å². The number of aromatic nitrogens is 4. The molecule has 0 aliphatic heterocycles. The number of pyridine rings is 1. The number of nitrogens with two attached hydrogens (primary N) is 2. The van der Waals surface area contributed by atoms with Crippen LogP contribution in [0, 0.1) is 22.7 Å². The Kier molecular flexibility index (Phi) is 11.7. The van der Waals surface area contributed by atoms with Gasteiger partial charge in [0.05, 0.1) is 30.2 Å². The second-order valence-corrected chi connectivity index (χ2v) is 13.2. The van der Waals surface area contributed by atoms with Gasteiger partial charge in [0.15, 0.2) is 0 Å². The molecule has 0 aliphatic carbocycles. The molecule has 5 aromatic rings. The van der Waals surface area contributed by atoms with Crippen molar-refractivity contribution in [3.05, 3.63) is 94.0 Å². The largest absolute Gasteiger partial charge is 0.492 e. The van der Waals surface area contributed by atoms with Crippen molar-refractivity contribution in [2.45, 2.75) is 36.2 Å². The summed E-state index contributed by atoms with van der Waals surface area (Å²) in [6.07, 6.45) is 3.18. The first-order valence-corrected chi connectivity index (χ1v) is 17.3. The highest BCUT2D eigenvalue weighted by Crippen LogP contribution is 2.37. The van der Waals surface area contributed by atoms with Crippen LogP contribution in [-0.4, -0.2) is 67.1 Å². The minimum absolute atomic E-state index is 0.00694. The van der Waals surface area contributed by atoms with Crippen LogP contribution in [0.4, 0.5) is 5.82 Å². The Morgan fingerprint density at radius 1 is 1.10 bits per heavy atom. The average molecular weight is 728 g/mol.